The third kappa shape index (κ3) is 2.46. The minimum Gasteiger partial charge on any atom is -0.392 e. The normalized spacial score (nSPS) is 11.9. The lowest BCUT2D eigenvalue weighted by molar-refractivity contribution is 0.282. The smallest absolute Gasteiger partial charge is 0.281 e. The maximum absolute atomic E-state index is 12.5. The average Bonchev–Trinajstić information content (AvgIpc) is 2.98. The molecule has 0 aliphatic rings. The number of anilines is 2. The van der Waals surface area contributed by atoms with Crippen molar-refractivity contribution in [2.24, 2.45) is 0 Å². The highest BCUT2D eigenvalue weighted by Gasteiger charge is 2.24. The monoisotopic (exact) mass is 324 g/mol. The maximum atomic E-state index is 12.5. The van der Waals surface area contributed by atoms with Crippen LogP contribution < -0.4 is 10.5 Å². The molecule has 2 heterocycles. The zero-order valence-corrected chi connectivity index (χ0v) is 12.4. The third-order valence-corrected chi connectivity index (χ3v) is 5.06. The second-order valence-electron chi connectivity index (χ2n) is 4.32. The van der Waals surface area contributed by atoms with E-state index >= 15 is 0 Å². The Kier molecular flexibility index (Phi) is 3.32. The number of aliphatic hydroxyl groups is 1. The number of fused-ring (bicyclic) bond motifs is 1. The first-order valence-corrected chi connectivity index (χ1v) is 8.31. The largest absolute Gasteiger partial charge is 0.392 e. The zero-order chi connectivity index (χ0) is 15.0. The van der Waals surface area contributed by atoms with Crippen molar-refractivity contribution < 1.29 is 13.5 Å². The molecule has 0 unspecified atom stereocenters. The number of benzene rings is 1. The van der Waals surface area contributed by atoms with Gasteiger partial charge in [0.2, 0.25) is 5.03 Å². The molecule has 7 nitrogen and oxygen atoms in total. The van der Waals surface area contributed by atoms with Crippen LogP contribution in [0.4, 0.5) is 11.5 Å². The molecule has 1 aromatic carbocycles. The summed E-state index contributed by atoms with van der Waals surface area (Å²) >= 11 is 1.30. The number of sulfonamides is 1. The molecule has 0 fully saturated rings. The van der Waals surface area contributed by atoms with Crippen molar-refractivity contribution in [2.45, 2.75) is 11.6 Å². The molecule has 0 saturated heterocycles. The van der Waals surface area contributed by atoms with E-state index in [1.165, 1.54) is 15.7 Å². The van der Waals surface area contributed by atoms with Crippen molar-refractivity contribution in [1.82, 2.24) is 9.38 Å². The van der Waals surface area contributed by atoms with Crippen LogP contribution in [0.2, 0.25) is 0 Å². The summed E-state index contributed by atoms with van der Waals surface area (Å²) in [6.45, 7) is -0.0991. The highest BCUT2D eigenvalue weighted by molar-refractivity contribution is 7.92. The van der Waals surface area contributed by atoms with Gasteiger partial charge in [0.15, 0.2) is 10.8 Å². The Bertz CT molecular complexity index is 881. The van der Waals surface area contributed by atoms with E-state index in [1.54, 1.807) is 35.8 Å². The summed E-state index contributed by atoms with van der Waals surface area (Å²) in [5.41, 5.74) is 6.79. The van der Waals surface area contributed by atoms with Gasteiger partial charge < -0.3 is 10.8 Å². The third-order valence-electron chi connectivity index (χ3n) is 2.89. The predicted octanol–water partition coefficient (Wildman–Crippen LogP) is 1.27. The van der Waals surface area contributed by atoms with Crippen molar-refractivity contribution >= 4 is 37.8 Å². The first-order chi connectivity index (χ1) is 10.0. The van der Waals surface area contributed by atoms with Crippen molar-refractivity contribution in [3.8, 4) is 0 Å². The molecule has 0 spiro atoms. The van der Waals surface area contributed by atoms with E-state index in [2.05, 4.69) is 9.71 Å². The summed E-state index contributed by atoms with van der Waals surface area (Å²) < 4.78 is 28.8. The number of nitrogens with two attached hydrogens (primary N) is 1. The number of nitrogens with zero attached hydrogens (tertiary/aromatic N) is 2. The van der Waals surface area contributed by atoms with E-state index in [-0.39, 0.29) is 17.5 Å². The van der Waals surface area contributed by atoms with Gasteiger partial charge in [0, 0.05) is 17.3 Å². The van der Waals surface area contributed by atoms with Crippen LogP contribution in [0, 0.1) is 0 Å². The molecule has 9 heteroatoms. The highest BCUT2D eigenvalue weighted by atomic mass is 32.2. The van der Waals surface area contributed by atoms with Crippen molar-refractivity contribution in [1.29, 1.82) is 0 Å². The van der Waals surface area contributed by atoms with Crippen LogP contribution in [0.3, 0.4) is 0 Å². The Morgan fingerprint density at radius 2 is 2.05 bits per heavy atom. The molecule has 0 amide bonds. The van der Waals surface area contributed by atoms with Gasteiger partial charge in [0.1, 0.15) is 0 Å². The molecular weight excluding hydrogens is 312 g/mol. The molecule has 0 aliphatic heterocycles. The van der Waals surface area contributed by atoms with Gasteiger partial charge in [0.25, 0.3) is 10.0 Å². The van der Waals surface area contributed by atoms with Gasteiger partial charge in [-0.2, -0.15) is 8.42 Å². The van der Waals surface area contributed by atoms with Crippen LogP contribution >= 0.6 is 11.3 Å². The van der Waals surface area contributed by atoms with Gasteiger partial charge in [-0.3, -0.25) is 9.12 Å². The number of rotatable bonds is 4. The topological polar surface area (TPSA) is 110 Å². The van der Waals surface area contributed by atoms with E-state index in [0.29, 0.717) is 16.2 Å². The standard InChI is InChI=1S/C12H12N4O3S2/c13-10-11(16-5-6-20-12(16)14-10)21(18,19)15-9-3-1-8(7-17)2-4-9/h1-6,15,17H,7,13H2. The molecule has 0 bridgehead atoms. The van der Waals surface area contributed by atoms with Gasteiger partial charge in [-0.1, -0.05) is 12.1 Å². The van der Waals surface area contributed by atoms with Crippen LogP contribution in [0.15, 0.2) is 40.9 Å². The van der Waals surface area contributed by atoms with Crippen LogP contribution in [0.25, 0.3) is 4.96 Å². The number of hydrogen-bond donors (Lipinski definition) is 3. The summed E-state index contributed by atoms with van der Waals surface area (Å²) in [6.07, 6.45) is 1.60. The number of nitrogens with one attached hydrogen (secondary N) is 1. The Morgan fingerprint density at radius 1 is 1.33 bits per heavy atom. The summed E-state index contributed by atoms with van der Waals surface area (Å²) in [4.78, 5) is 4.53. The minimum absolute atomic E-state index is 0.0404. The molecule has 3 rings (SSSR count). The van der Waals surface area contributed by atoms with Gasteiger partial charge >= 0.3 is 0 Å². The summed E-state index contributed by atoms with van der Waals surface area (Å²) in [5, 5.41) is 10.6. The van der Waals surface area contributed by atoms with Crippen LogP contribution in [-0.2, 0) is 16.6 Å². The van der Waals surface area contributed by atoms with Gasteiger partial charge in [-0.15, -0.1) is 11.3 Å². The second kappa shape index (κ2) is 5.02. The fourth-order valence-electron chi connectivity index (χ4n) is 1.93. The quantitative estimate of drug-likeness (QED) is 0.669. The lowest BCUT2D eigenvalue weighted by atomic mass is 10.2. The van der Waals surface area contributed by atoms with E-state index in [1.807, 2.05) is 0 Å². The Labute approximate surface area is 124 Å². The maximum Gasteiger partial charge on any atom is 0.281 e. The molecule has 3 aromatic rings. The fourth-order valence-corrected chi connectivity index (χ4v) is 3.98. The summed E-state index contributed by atoms with van der Waals surface area (Å²) in [5.74, 6) is -0.0404. The van der Waals surface area contributed by atoms with Crippen LogP contribution in [-0.4, -0.2) is 22.9 Å². The summed E-state index contributed by atoms with van der Waals surface area (Å²) in [7, 11) is -3.85. The predicted molar refractivity (Wildman–Crippen MR) is 80.7 cm³/mol. The minimum atomic E-state index is -3.85. The van der Waals surface area contributed by atoms with E-state index in [4.69, 9.17) is 10.8 Å². The second-order valence-corrected chi connectivity index (χ2v) is 6.79. The zero-order valence-electron chi connectivity index (χ0n) is 10.7. The molecule has 0 aliphatic carbocycles. The first kappa shape index (κ1) is 13.9. The van der Waals surface area contributed by atoms with Gasteiger partial charge in [-0.05, 0) is 17.7 Å². The Balaban J connectivity index is 1.99. The van der Waals surface area contributed by atoms with Crippen molar-refractivity contribution in [2.75, 3.05) is 10.5 Å². The number of hydrogen-bond acceptors (Lipinski definition) is 6. The van der Waals surface area contributed by atoms with Gasteiger partial charge in [0.05, 0.1) is 6.61 Å². The van der Waals surface area contributed by atoms with Crippen molar-refractivity contribution in [3.05, 3.63) is 41.4 Å². The fraction of sp³-hybridized carbons (Fsp3) is 0.0833. The molecular formula is C12H12N4O3S2. The van der Waals surface area contributed by atoms with E-state index in [9.17, 15) is 8.42 Å². The molecule has 2 aromatic heterocycles. The highest BCUT2D eigenvalue weighted by Crippen LogP contribution is 2.25. The number of imidazole rings is 1. The van der Waals surface area contributed by atoms with Crippen molar-refractivity contribution in [3.63, 3.8) is 0 Å². The van der Waals surface area contributed by atoms with Gasteiger partial charge in [-0.25, -0.2) is 4.98 Å². The Morgan fingerprint density at radius 3 is 2.71 bits per heavy atom. The van der Waals surface area contributed by atoms with Crippen LogP contribution in [0.5, 0.6) is 0 Å². The molecule has 110 valence electrons. The molecule has 21 heavy (non-hydrogen) atoms. The molecule has 0 radical (unpaired) electrons. The number of nitrogen functional groups attached to an aromatic ring is 1. The number of thiazole rings is 1. The lowest BCUT2D eigenvalue weighted by Gasteiger charge is -2.08. The van der Waals surface area contributed by atoms with E-state index < -0.39 is 10.0 Å². The van der Waals surface area contributed by atoms with E-state index in [0.717, 1.165) is 0 Å². The summed E-state index contributed by atoms with van der Waals surface area (Å²) in [6, 6.07) is 6.42. The molecule has 4 N–H and O–H groups in total. The average molecular weight is 324 g/mol. The lowest BCUT2D eigenvalue weighted by Crippen LogP contribution is -2.16. The number of aromatic nitrogens is 2. The first-order valence-electron chi connectivity index (χ1n) is 5.95. The molecule has 0 saturated carbocycles. The SMILES string of the molecule is Nc1nc2sccn2c1S(=O)(=O)Nc1ccc(CO)cc1. The molecule has 0 atom stereocenters. The number of aliphatic hydroxyl groups excluding tert-OH is 1. The Hall–Kier alpha value is -2.10. The van der Waals surface area contributed by atoms with Crippen LogP contribution in [0.1, 0.15) is 5.56 Å².